The Bertz CT molecular complexity index is 697. The van der Waals surface area contributed by atoms with Gasteiger partial charge in [-0.1, -0.05) is 30.3 Å². The van der Waals surface area contributed by atoms with Crippen molar-refractivity contribution in [2.45, 2.75) is 25.8 Å². The SMILES string of the molecule is COc1ccc(CCNC(=O)CN2c3ccccc3C[C@@H]2C)cc1. The zero-order chi connectivity index (χ0) is 16.9. The van der Waals surface area contributed by atoms with Crippen molar-refractivity contribution in [3.63, 3.8) is 0 Å². The molecule has 0 bridgehead atoms. The van der Waals surface area contributed by atoms with Gasteiger partial charge >= 0.3 is 0 Å². The van der Waals surface area contributed by atoms with Gasteiger partial charge in [-0.2, -0.15) is 0 Å². The Labute approximate surface area is 143 Å². The van der Waals surface area contributed by atoms with Crippen molar-refractivity contribution in [3.05, 3.63) is 59.7 Å². The number of hydrogen-bond donors (Lipinski definition) is 1. The number of nitrogens with one attached hydrogen (secondary N) is 1. The molecule has 0 fully saturated rings. The molecule has 0 saturated heterocycles. The number of carbonyl (C=O) groups is 1. The van der Waals surface area contributed by atoms with Gasteiger partial charge in [0.15, 0.2) is 0 Å². The summed E-state index contributed by atoms with van der Waals surface area (Å²) in [5.41, 5.74) is 3.71. The van der Waals surface area contributed by atoms with E-state index in [1.165, 1.54) is 16.8 Å². The lowest BCUT2D eigenvalue weighted by atomic mass is 10.1. The van der Waals surface area contributed by atoms with E-state index in [0.717, 1.165) is 18.6 Å². The molecule has 2 aromatic rings. The maximum absolute atomic E-state index is 12.3. The summed E-state index contributed by atoms with van der Waals surface area (Å²) in [7, 11) is 1.66. The maximum atomic E-state index is 12.3. The van der Waals surface area contributed by atoms with Crippen LogP contribution in [0.1, 0.15) is 18.1 Å². The zero-order valence-corrected chi connectivity index (χ0v) is 14.3. The standard InChI is InChI=1S/C20H24N2O2/c1-15-13-17-5-3-4-6-19(17)22(15)14-20(23)21-12-11-16-7-9-18(24-2)10-8-16/h3-10,15H,11-14H2,1-2H3,(H,21,23)/t15-/m0/s1. The van der Waals surface area contributed by atoms with Gasteiger partial charge in [0.05, 0.1) is 13.7 Å². The molecule has 0 aliphatic carbocycles. The van der Waals surface area contributed by atoms with E-state index in [0.29, 0.717) is 19.1 Å². The Morgan fingerprint density at radius 1 is 1.21 bits per heavy atom. The van der Waals surface area contributed by atoms with Crippen molar-refractivity contribution in [1.82, 2.24) is 5.32 Å². The number of ether oxygens (including phenoxy) is 1. The molecule has 1 aliphatic heterocycles. The first-order valence-electron chi connectivity index (χ1n) is 8.41. The second-order valence-electron chi connectivity index (χ2n) is 6.26. The fourth-order valence-electron chi connectivity index (χ4n) is 3.22. The lowest BCUT2D eigenvalue weighted by Gasteiger charge is -2.24. The number of para-hydroxylation sites is 1. The molecule has 1 N–H and O–H groups in total. The van der Waals surface area contributed by atoms with E-state index >= 15 is 0 Å². The van der Waals surface area contributed by atoms with Gasteiger partial charge in [-0.25, -0.2) is 0 Å². The molecular formula is C20H24N2O2. The number of nitrogens with zero attached hydrogens (tertiary/aromatic N) is 1. The summed E-state index contributed by atoms with van der Waals surface area (Å²) < 4.78 is 5.15. The van der Waals surface area contributed by atoms with Crippen molar-refractivity contribution in [3.8, 4) is 5.75 Å². The predicted molar refractivity (Wildman–Crippen MR) is 96.7 cm³/mol. The van der Waals surface area contributed by atoms with Gasteiger partial charge in [0.2, 0.25) is 5.91 Å². The molecule has 0 spiro atoms. The van der Waals surface area contributed by atoms with Gasteiger partial charge in [-0.3, -0.25) is 4.79 Å². The second-order valence-corrected chi connectivity index (χ2v) is 6.26. The van der Waals surface area contributed by atoms with Crippen molar-refractivity contribution in [1.29, 1.82) is 0 Å². The zero-order valence-electron chi connectivity index (χ0n) is 14.3. The summed E-state index contributed by atoms with van der Waals surface area (Å²) in [6, 6.07) is 16.7. The van der Waals surface area contributed by atoms with Gasteiger partial charge in [-0.05, 0) is 49.1 Å². The Morgan fingerprint density at radius 3 is 2.71 bits per heavy atom. The van der Waals surface area contributed by atoms with Crippen molar-refractivity contribution < 1.29 is 9.53 Å². The highest BCUT2D eigenvalue weighted by molar-refractivity contribution is 5.82. The second kappa shape index (κ2) is 7.39. The largest absolute Gasteiger partial charge is 0.497 e. The van der Waals surface area contributed by atoms with Gasteiger partial charge in [0.1, 0.15) is 5.75 Å². The van der Waals surface area contributed by atoms with Crippen molar-refractivity contribution in [2.24, 2.45) is 0 Å². The molecule has 126 valence electrons. The third kappa shape index (κ3) is 3.70. The van der Waals surface area contributed by atoms with Crippen LogP contribution >= 0.6 is 0 Å². The molecule has 1 amide bonds. The van der Waals surface area contributed by atoms with Crippen LogP contribution in [0.2, 0.25) is 0 Å². The minimum atomic E-state index is 0.0760. The van der Waals surface area contributed by atoms with E-state index in [4.69, 9.17) is 4.74 Å². The van der Waals surface area contributed by atoms with E-state index in [9.17, 15) is 4.79 Å². The number of carbonyl (C=O) groups excluding carboxylic acids is 1. The average molecular weight is 324 g/mol. The first-order chi connectivity index (χ1) is 11.7. The van der Waals surface area contributed by atoms with Crippen LogP contribution in [0.3, 0.4) is 0 Å². The molecular weight excluding hydrogens is 300 g/mol. The number of rotatable bonds is 6. The molecule has 1 aliphatic rings. The number of amides is 1. The monoisotopic (exact) mass is 324 g/mol. The minimum absolute atomic E-state index is 0.0760. The van der Waals surface area contributed by atoms with E-state index in [-0.39, 0.29) is 5.91 Å². The van der Waals surface area contributed by atoms with Crippen LogP contribution in [0.5, 0.6) is 5.75 Å². The van der Waals surface area contributed by atoms with Gasteiger partial charge < -0.3 is 15.0 Å². The third-order valence-corrected chi connectivity index (χ3v) is 4.56. The van der Waals surface area contributed by atoms with Crippen LogP contribution < -0.4 is 15.0 Å². The number of hydrogen-bond acceptors (Lipinski definition) is 3. The van der Waals surface area contributed by atoms with Crippen LogP contribution in [-0.4, -0.2) is 32.1 Å². The van der Waals surface area contributed by atoms with E-state index < -0.39 is 0 Å². The molecule has 3 rings (SSSR count). The molecule has 1 atom stereocenters. The number of methoxy groups -OCH3 is 1. The first kappa shape index (κ1) is 16.4. The van der Waals surface area contributed by atoms with Crippen LogP contribution in [0.4, 0.5) is 5.69 Å². The predicted octanol–water partition coefficient (Wildman–Crippen LogP) is 2.81. The molecule has 4 heteroatoms. The summed E-state index contributed by atoms with van der Waals surface area (Å²) in [4.78, 5) is 14.5. The molecule has 0 unspecified atom stereocenters. The van der Waals surface area contributed by atoms with Crippen LogP contribution in [0, 0.1) is 0 Å². The lowest BCUT2D eigenvalue weighted by molar-refractivity contribution is -0.119. The fraction of sp³-hybridized carbons (Fsp3) is 0.350. The molecule has 2 aromatic carbocycles. The van der Waals surface area contributed by atoms with Crippen LogP contribution in [0.15, 0.2) is 48.5 Å². The highest BCUT2D eigenvalue weighted by Crippen LogP contribution is 2.31. The van der Waals surface area contributed by atoms with Crippen LogP contribution in [-0.2, 0) is 17.6 Å². The highest BCUT2D eigenvalue weighted by Gasteiger charge is 2.26. The summed E-state index contributed by atoms with van der Waals surface area (Å²) in [5, 5.41) is 3.03. The Kier molecular flexibility index (Phi) is 5.04. The van der Waals surface area contributed by atoms with Crippen molar-refractivity contribution >= 4 is 11.6 Å². The lowest BCUT2D eigenvalue weighted by Crippen LogP contribution is -2.40. The number of benzene rings is 2. The summed E-state index contributed by atoms with van der Waals surface area (Å²) in [6.45, 7) is 3.24. The highest BCUT2D eigenvalue weighted by atomic mass is 16.5. The first-order valence-corrected chi connectivity index (χ1v) is 8.41. The molecule has 0 aromatic heterocycles. The summed E-state index contributed by atoms with van der Waals surface area (Å²) in [6.07, 6.45) is 1.83. The fourth-order valence-corrected chi connectivity index (χ4v) is 3.22. The Hall–Kier alpha value is -2.49. The molecule has 24 heavy (non-hydrogen) atoms. The van der Waals surface area contributed by atoms with E-state index in [1.54, 1.807) is 7.11 Å². The quantitative estimate of drug-likeness (QED) is 0.888. The summed E-state index contributed by atoms with van der Waals surface area (Å²) in [5.74, 6) is 0.927. The molecule has 0 radical (unpaired) electrons. The Morgan fingerprint density at radius 2 is 1.96 bits per heavy atom. The van der Waals surface area contributed by atoms with E-state index in [2.05, 4.69) is 35.3 Å². The van der Waals surface area contributed by atoms with E-state index in [1.807, 2.05) is 30.3 Å². The number of anilines is 1. The van der Waals surface area contributed by atoms with Gasteiger partial charge in [0.25, 0.3) is 0 Å². The normalized spacial score (nSPS) is 15.9. The molecule has 0 saturated carbocycles. The maximum Gasteiger partial charge on any atom is 0.239 e. The van der Waals surface area contributed by atoms with Gasteiger partial charge in [-0.15, -0.1) is 0 Å². The third-order valence-electron chi connectivity index (χ3n) is 4.56. The van der Waals surface area contributed by atoms with Crippen LogP contribution in [0.25, 0.3) is 0 Å². The van der Waals surface area contributed by atoms with Crippen molar-refractivity contribution in [2.75, 3.05) is 25.1 Å². The molecule has 4 nitrogen and oxygen atoms in total. The number of fused-ring (bicyclic) bond motifs is 1. The molecule has 1 heterocycles. The Balaban J connectivity index is 1.49. The summed E-state index contributed by atoms with van der Waals surface area (Å²) >= 11 is 0. The minimum Gasteiger partial charge on any atom is -0.497 e. The van der Waals surface area contributed by atoms with Gasteiger partial charge in [0, 0.05) is 18.3 Å². The topological polar surface area (TPSA) is 41.6 Å². The average Bonchev–Trinajstić information content (AvgIpc) is 2.91. The smallest absolute Gasteiger partial charge is 0.239 e.